The first-order valence-corrected chi connectivity index (χ1v) is 14.2. The van der Waals surface area contributed by atoms with E-state index in [0.29, 0.717) is 30.3 Å². The largest absolute Gasteiger partial charge is 0.390 e. The molecule has 2 saturated carbocycles. The number of aromatic nitrogens is 3. The number of carbonyl (C=O) groups excluding carboxylic acids is 1. The molecule has 2 atom stereocenters. The van der Waals surface area contributed by atoms with Gasteiger partial charge >= 0.3 is 0 Å². The molecule has 1 amide bonds. The number of thiazole rings is 1. The quantitative estimate of drug-likeness (QED) is 0.449. The molecule has 9 nitrogen and oxygen atoms in total. The monoisotopic (exact) mass is 559 g/mol. The van der Waals surface area contributed by atoms with Crippen molar-refractivity contribution in [3.63, 3.8) is 0 Å². The second-order valence-electron chi connectivity index (χ2n) is 10.6. The zero-order chi connectivity index (χ0) is 27.0. The highest BCUT2D eigenvalue weighted by molar-refractivity contribution is 7.22. The van der Waals surface area contributed by atoms with E-state index in [2.05, 4.69) is 20.3 Å². The third-order valence-electron chi connectivity index (χ3n) is 7.77. The van der Waals surface area contributed by atoms with E-state index in [1.54, 1.807) is 17.3 Å². The average molecular weight is 560 g/mol. The van der Waals surface area contributed by atoms with Crippen molar-refractivity contribution >= 4 is 32.6 Å². The van der Waals surface area contributed by atoms with Gasteiger partial charge in [0.05, 0.1) is 35.6 Å². The number of ether oxygens (including phenoxy) is 2. The number of alkyl halides is 2. The molecule has 0 unspecified atom stereocenters. The molecule has 12 heteroatoms. The van der Waals surface area contributed by atoms with Gasteiger partial charge in [0.1, 0.15) is 13.2 Å². The normalized spacial score (nSPS) is 27.3. The zero-order valence-corrected chi connectivity index (χ0v) is 22.2. The fraction of sp³-hybridized carbons (Fsp3) is 0.556. The molecule has 1 saturated heterocycles. The van der Waals surface area contributed by atoms with Gasteiger partial charge in [-0.15, -0.1) is 0 Å². The van der Waals surface area contributed by atoms with Crippen LogP contribution in [-0.2, 0) is 20.9 Å². The van der Waals surface area contributed by atoms with E-state index in [1.807, 2.05) is 18.2 Å². The van der Waals surface area contributed by atoms with E-state index in [0.717, 1.165) is 40.6 Å². The number of aliphatic hydroxyl groups excluding tert-OH is 1. The van der Waals surface area contributed by atoms with Gasteiger partial charge in [0, 0.05) is 36.5 Å². The van der Waals surface area contributed by atoms with Crippen LogP contribution in [0, 0.1) is 5.92 Å². The van der Waals surface area contributed by atoms with Crippen molar-refractivity contribution in [2.75, 3.05) is 31.6 Å². The maximum atomic E-state index is 13.9. The lowest BCUT2D eigenvalue weighted by molar-refractivity contribution is -0.125. The van der Waals surface area contributed by atoms with E-state index in [4.69, 9.17) is 9.47 Å². The Kier molecular flexibility index (Phi) is 7.56. The van der Waals surface area contributed by atoms with Crippen molar-refractivity contribution in [1.29, 1.82) is 0 Å². The van der Waals surface area contributed by atoms with E-state index >= 15 is 0 Å². The lowest BCUT2D eigenvalue weighted by Gasteiger charge is -2.42. The topological polar surface area (TPSA) is 110 Å². The summed E-state index contributed by atoms with van der Waals surface area (Å²) in [6.45, 7) is 0.143. The van der Waals surface area contributed by atoms with Crippen LogP contribution in [0.2, 0.25) is 0 Å². The zero-order valence-electron chi connectivity index (χ0n) is 21.4. The van der Waals surface area contributed by atoms with Gasteiger partial charge in [-0.1, -0.05) is 17.4 Å². The van der Waals surface area contributed by atoms with Gasteiger partial charge in [-0.2, -0.15) is 0 Å². The number of carbonyl (C=O) groups is 1. The fourth-order valence-corrected chi connectivity index (χ4v) is 6.37. The van der Waals surface area contributed by atoms with Crippen LogP contribution in [0.5, 0.6) is 0 Å². The van der Waals surface area contributed by atoms with Crippen molar-refractivity contribution in [3.8, 4) is 11.1 Å². The highest BCUT2D eigenvalue weighted by Crippen LogP contribution is 2.36. The summed E-state index contributed by atoms with van der Waals surface area (Å²) in [7, 11) is 0. The molecular weight excluding hydrogens is 528 g/mol. The van der Waals surface area contributed by atoms with Crippen molar-refractivity contribution in [2.45, 2.75) is 62.9 Å². The van der Waals surface area contributed by atoms with Crippen LogP contribution in [-0.4, -0.2) is 81.3 Å². The molecule has 39 heavy (non-hydrogen) atoms. The minimum Gasteiger partial charge on any atom is -0.390 e. The van der Waals surface area contributed by atoms with Crippen molar-refractivity contribution < 1.29 is 28.2 Å². The number of hydrogen-bond donors (Lipinski definition) is 2. The summed E-state index contributed by atoms with van der Waals surface area (Å²) in [6, 6.07) is 5.80. The predicted octanol–water partition coefficient (Wildman–Crippen LogP) is 3.87. The Balaban J connectivity index is 1.04. The molecule has 2 aromatic heterocycles. The number of fused-ring (bicyclic) bond motifs is 1. The molecule has 3 aromatic rings. The molecule has 2 aliphatic carbocycles. The Bertz CT molecular complexity index is 1320. The molecule has 3 aliphatic rings. The number of hydrogen-bond acceptors (Lipinski definition) is 9. The SMILES string of the molecule is O=C(Nc1nc2ccc(-c3cnc(CO[C@H]4CCC[C@@H]4O)nc3)cc2s1)C1CC(N2CCOCC(F)(F)C2)C1. The van der Waals surface area contributed by atoms with Gasteiger partial charge < -0.3 is 19.9 Å². The van der Waals surface area contributed by atoms with Crippen molar-refractivity contribution in [2.24, 2.45) is 5.92 Å². The molecule has 208 valence electrons. The minimum absolute atomic E-state index is 0.0271. The number of amides is 1. The summed E-state index contributed by atoms with van der Waals surface area (Å²) in [4.78, 5) is 27.9. The lowest BCUT2D eigenvalue weighted by atomic mass is 9.78. The van der Waals surface area contributed by atoms with Crippen LogP contribution in [0.1, 0.15) is 37.9 Å². The average Bonchev–Trinajstić information content (AvgIpc) is 3.43. The third kappa shape index (κ3) is 6.09. The number of nitrogens with one attached hydrogen (secondary N) is 1. The number of aliphatic hydroxyl groups is 1. The van der Waals surface area contributed by atoms with Crippen LogP contribution in [0.25, 0.3) is 21.3 Å². The summed E-state index contributed by atoms with van der Waals surface area (Å²) >= 11 is 1.39. The number of anilines is 1. The maximum Gasteiger partial charge on any atom is 0.283 e. The summed E-state index contributed by atoms with van der Waals surface area (Å²) < 4.78 is 39.4. The van der Waals surface area contributed by atoms with Crippen LogP contribution in [0.3, 0.4) is 0 Å². The molecular formula is C27H31F2N5O4S. The van der Waals surface area contributed by atoms with Crippen molar-refractivity contribution in [1.82, 2.24) is 19.9 Å². The van der Waals surface area contributed by atoms with Gasteiger partial charge in [-0.05, 0) is 49.8 Å². The van der Waals surface area contributed by atoms with Gasteiger partial charge in [-0.25, -0.2) is 23.7 Å². The molecule has 0 radical (unpaired) electrons. The first kappa shape index (κ1) is 26.6. The molecule has 6 rings (SSSR count). The van der Waals surface area contributed by atoms with Crippen LogP contribution in [0.4, 0.5) is 13.9 Å². The number of nitrogens with zero attached hydrogens (tertiary/aromatic N) is 4. The van der Waals surface area contributed by atoms with Gasteiger partial charge in [0.2, 0.25) is 5.91 Å². The van der Waals surface area contributed by atoms with Gasteiger partial charge in [-0.3, -0.25) is 9.69 Å². The van der Waals surface area contributed by atoms with E-state index in [-0.39, 0.29) is 43.7 Å². The molecule has 3 fully saturated rings. The minimum atomic E-state index is -2.86. The number of benzene rings is 1. The molecule has 1 aliphatic heterocycles. The third-order valence-corrected chi connectivity index (χ3v) is 8.71. The molecule has 2 N–H and O–H groups in total. The van der Waals surface area contributed by atoms with E-state index < -0.39 is 18.6 Å². The summed E-state index contributed by atoms with van der Waals surface area (Å²) in [6.07, 6.45) is 6.65. The smallest absolute Gasteiger partial charge is 0.283 e. The van der Waals surface area contributed by atoms with Crippen molar-refractivity contribution in [3.05, 3.63) is 36.4 Å². The molecule has 1 aromatic carbocycles. The second kappa shape index (κ2) is 11.1. The van der Waals surface area contributed by atoms with Gasteiger partial charge in [0.25, 0.3) is 5.92 Å². The van der Waals surface area contributed by atoms with Crippen LogP contribution < -0.4 is 5.32 Å². The Morgan fingerprint density at radius 1 is 1.23 bits per heavy atom. The molecule has 0 bridgehead atoms. The molecule has 0 spiro atoms. The highest BCUT2D eigenvalue weighted by Gasteiger charge is 2.43. The summed E-state index contributed by atoms with van der Waals surface area (Å²) in [5.74, 6) is -2.63. The summed E-state index contributed by atoms with van der Waals surface area (Å²) in [5, 5.41) is 13.3. The Hall–Kier alpha value is -2.64. The number of halogens is 2. The van der Waals surface area contributed by atoms with Crippen LogP contribution in [0.15, 0.2) is 30.6 Å². The first-order valence-electron chi connectivity index (χ1n) is 13.3. The molecule has 3 heterocycles. The Labute approximate surface area is 228 Å². The standard InChI is InChI=1S/C27H31F2N5O4S/c28-27(29)14-34(6-7-37-15-27)19-8-17(9-19)25(36)33-26-32-20-5-4-16(10-23(20)39-26)18-11-30-24(31-12-18)13-38-22-3-1-2-21(22)35/h4-5,10-12,17,19,21-22,35H,1-3,6-9,13-15H2,(H,32,33,36)/t17?,19?,21-,22-/m0/s1. The fourth-order valence-electron chi connectivity index (χ4n) is 5.46. The number of rotatable bonds is 7. The first-order chi connectivity index (χ1) is 18.8. The lowest BCUT2D eigenvalue weighted by Crippen LogP contribution is -2.51. The van der Waals surface area contributed by atoms with Gasteiger partial charge in [0.15, 0.2) is 11.0 Å². The Morgan fingerprint density at radius 3 is 2.82 bits per heavy atom. The second-order valence-corrected chi connectivity index (χ2v) is 11.7. The van der Waals surface area contributed by atoms with Crippen LogP contribution >= 0.6 is 11.3 Å². The van der Waals surface area contributed by atoms with E-state index in [1.165, 1.54) is 11.3 Å². The van der Waals surface area contributed by atoms with E-state index in [9.17, 15) is 18.7 Å². The predicted molar refractivity (Wildman–Crippen MR) is 142 cm³/mol. The summed E-state index contributed by atoms with van der Waals surface area (Å²) in [5.41, 5.74) is 2.56. The maximum absolute atomic E-state index is 13.9. The highest BCUT2D eigenvalue weighted by atomic mass is 32.1. The Morgan fingerprint density at radius 2 is 2.05 bits per heavy atom.